The van der Waals surface area contributed by atoms with E-state index in [4.69, 9.17) is 5.14 Å². The average Bonchev–Trinajstić information content (AvgIpc) is 2.96. The summed E-state index contributed by atoms with van der Waals surface area (Å²) in [6, 6.07) is 6.02. The molecule has 0 bridgehead atoms. The van der Waals surface area contributed by atoms with Gasteiger partial charge in [-0.15, -0.1) is 0 Å². The van der Waals surface area contributed by atoms with Crippen LogP contribution in [0.5, 0.6) is 0 Å². The second kappa shape index (κ2) is 6.74. The van der Waals surface area contributed by atoms with Crippen molar-refractivity contribution in [1.29, 1.82) is 0 Å². The zero-order valence-corrected chi connectivity index (χ0v) is 14.8. The first-order valence-corrected chi connectivity index (χ1v) is 9.76. The monoisotopic (exact) mass is 366 g/mol. The lowest BCUT2D eigenvalue weighted by Crippen LogP contribution is -2.54. The Morgan fingerprint density at radius 1 is 1.36 bits per heavy atom. The van der Waals surface area contributed by atoms with Crippen LogP contribution in [0.15, 0.2) is 29.2 Å². The SMILES string of the molecule is C[C@@H]1CNCCN1C(=O)[C@@H]1CC(=O)N(c2cccc(S(N)(=O)=O)c2)C1. The van der Waals surface area contributed by atoms with E-state index in [0.29, 0.717) is 12.2 Å². The molecule has 0 saturated carbocycles. The number of benzene rings is 1. The highest BCUT2D eigenvalue weighted by atomic mass is 32.2. The van der Waals surface area contributed by atoms with Crippen LogP contribution in [0, 0.1) is 5.92 Å². The minimum Gasteiger partial charge on any atom is -0.337 e. The first kappa shape index (κ1) is 17.8. The van der Waals surface area contributed by atoms with Gasteiger partial charge in [0.05, 0.1) is 10.8 Å². The summed E-state index contributed by atoms with van der Waals surface area (Å²) in [4.78, 5) is 28.4. The normalized spacial score (nSPS) is 24.6. The minimum atomic E-state index is -3.85. The Morgan fingerprint density at radius 2 is 2.12 bits per heavy atom. The van der Waals surface area contributed by atoms with Crippen LogP contribution in [0.4, 0.5) is 5.69 Å². The molecule has 25 heavy (non-hydrogen) atoms. The first-order chi connectivity index (χ1) is 11.8. The van der Waals surface area contributed by atoms with E-state index in [1.165, 1.54) is 23.1 Å². The Kier molecular flexibility index (Phi) is 4.81. The van der Waals surface area contributed by atoms with Crippen molar-refractivity contribution in [2.75, 3.05) is 31.1 Å². The van der Waals surface area contributed by atoms with Crippen molar-refractivity contribution in [3.05, 3.63) is 24.3 Å². The number of sulfonamides is 1. The number of hydrogen-bond donors (Lipinski definition) is 2. The molecule has 3 rings (SSSR count). The number of nitrogens with two attached hydrogens (primary N) is 1. The molecule has 0 spiro atoms. The molecule has 2 heterocycles. The van der Waals surface area contributed by atoms with Crippen LogP contribution in [0.25, 0.3) is 0 Å². The minimum absolute atomic E-state index is 0.0209. The molecule has 3 N–H and O–H groups in total. The van der Waals surface area contributed by atoms with E-state index in [2.05, 4.69) is 5.32 Å². The highest BCUT2D eigenvalue weighted by Crippen LogP contribution is 2.28. The number of nitrogens with zero attached hydrogens (tertiary/aromatic N) is 2. The topological polar surface area (TPSA) is 113 Å². The number of rotatable bonds is 3. The van der Waals surface area contributed by atoms with Gasteiger partial charge in [0.1, 0.15) is 0 Å². The van der Waals surface area contributed by atoms with Gasteiger partial charge in [-0.1, -0.05) is 6.07 Å². The van der Waals surface area contributed by atoms with Crippen LogP contribution < -0.4 is 15.4 Å². The molecule has 2 fully saturated rings. The number of primary sulfonamides is 1. The Bertz CT molecular complexity index is 795. The van der Waals surface area contributed by atoms with Crippen LogP contribution in [-0.4, -0.2) is 57.4 Å². The molecule has 1 aromatic carbocycles. The summed E-state index contributed by atoms with van der Waals surface area (Å²) >= 11 is 0. The fraction of sp³-hybridized carbons (Fsp3) is 0.500. The lowest BCUT2D eigenvalue weighted by atomic mass is 10.1. The van der Waals surface area contributed by atoms with Crippen LogP contribution in [-0.2, 0) is 19.6 Å². The third kappa shape index (κ3) is 3.68. The van der Waals surface area contributed by atoms with E-state index < -0.39 is 15.9 Å². The van der Waals surface area contributed by atoms with Crippen molar-refractivity contribution in [1.82, 2.24) is 10.2 Å². The number of amides is 2. The van der Waals surface area contributed by atoms with Gasteiger partial charge in [0.2, 0.25) is 21.8 Å². The van der Waals surface area contributed by atoms with E-state index in [0.717, 1.165) is 13.1 Å². The van der Waals surface area contributed by atoms with Gasteiger partial charge in [-0.05, 0) is 25.1 Å². The Balaban J connectivity index is 1.78. The molecule has 9 heteroatoms. The van der Waals surface area contributed by atoms with Crippen molar-refractivity contribution >= 4 is 27.5 Å². The molecule has 2 amide bonds. The Morgan fingerprint density at radius 3 is 2.80 bits per heavy atom. The molecule has 0 unspecified atom stereocenters. The lowest BCUT2D eigenvalue weighted by molar-refractivity contribution is -0.138. The molecular formula is C16H22N4O4S. The molecule has 0 aliphatic carbocycles. The largest absolute Gasteiger partial charge is 0.337 e. The zero-order valence-electron chi connectivity index (χ0n) is 14.0. The predicted molar refractivity (Wildman–Crippen MR) is 92.3 cm³/mol. The van der Waals surface area contributed by atoms with Gasteiger partial charge >= 0.3 is 0 Å². The summed E-state index contributed by atoms with van der Waals surface area (Å²) in [5.74, 6) is -0.619. The van der Waals surface area contributed by atoms with Crippen LogP contribution in [0.1, 0.15) is 13.3 Å². The van der Waals surface area contributed by atoms with Gasteiger partial charge in [0.25, 0.3) is 0 Å². The van der Waals surface area contributed by atoms with Crippen molar-refractivity contribution in [3.8, 4) is 0 Å². The smallest absolute Gasteiger partial charge is 0.238 e. The number of piperazine rings is 1. The Labute approximate surface area is 147 Å². The highest BCUT2D eigenvalue weighted by Gasteiger charge is 2.38. The second-order valence-electron chi connectivity index (χ2n) is 6.53. The number of anilines is 1. The summed E-state index contributed by atoms with van der Waals surface area (Å²) in [6.07, 6.45) is 0.134. The maximum Gasteiger partial charge on any atom is 0.238 e. The molecule has 0 aromatic heterocycles. The number of carbonyl (C=O) groups excluding carboxylic acids is 2. The quantitative estimate of drug-likeness (QED) is 0.749. The Hall–Kier alpha value is -1.97. The van der Waals surface area contributed by atoms with Gasteiger partial charge in [-0.3, -0.25) is 9.59 Å². The second-order valence-corrected chi connectivity index (χ2v) is 8.09. The fourth-order valence-corrected chi connectivity index (χ4v) is 3.91. The van der Waals surface area contributed by atoms with Crippen molar-refractivity contribution < 1.29 is 18.0 Å². The van der Waals surface area contributed by atoms with E-state index in [-0.39, 0.29) is 35.7 Å². The number of carbonyl (C=O) groups is 2. The lowest BCUT2D eigenvalue weighted by Gasteiger charge is -2.35. The van der Waals surface area contributed by atoms with Gasteiger partial charge in [0, 0.05) is 44.3 Å². The number of hydrogen-bond acceptors (Lipinski definition) is 5. The van der Waals surface area contributed by atoms with Crippen molar-refractivity contribution in [2.24, 2.45) is 11.1 Å². The van der Waals surface area contributed by atoms with Crippen molar-refractivity contribution in [2.45, 2.75) is 24.3 Å². The summed E-state index contributed by atoms with van der Waals surface area (Å²) in [7, 11) is -3.85. The molecule has 2 aliphatic rings. The maximum atomic E-state index is 12.8. The zero-order chi connectivity index (χ0) is 18.2. The van der Waals surface area contributed by atoms with Gasteiger partial charge in [-0.2, -0.15) is 0 Å². The molecule has 8 nitrogen and oxygen atoms in total. The van der Waals surface area contributed by atoms with E-state index >= 15 is 0 Å². The number of nitrogens with one attached hydrogen (secondary N) is 1. The van der Waals surface area contributed by atoms with Crippen LogP contribution >= 0.6 is 0 Å². The van der Waals surface area contributed by atoms with Gasteiger partial charge < -0.3 is 15.1 Å². The molecule has 0 radical (unpaired) electrons. The van der Waals surface area contributed by atoms with E-state index in [9.17, 15) is 18.0 Å². The molecule has 2 saturated heterocycles. The summed E-state index contributed by atoms with van der Waals surface area (Å²) in [5.41, 5.74) is 0.445. The highest BCUT2D eigenvalue weighted by molar-refractivity contribution is 7.89. The van der Waals surface area contributed by atoms with Crippen LogP contribution in [0.3, 0.4) is 0 Å². The summed E-state index contributed by atoms with van der Waals surface area (Å²) in [6.45, 7) is 4.35. The molecule has 1 aromatic rings. The standard InChI is InChI=1S/C16H22N4O4S/c1-11-9-18-5-6-19(11)16(22)12-7-15(21)20(10-12)13-3-2-4-14(8-13)25(17,23)24/h2-4,8,11-12,18H,5-7,9-10H2,1H3,(H2,17,23,24)/t11-,12-/m1/s1. The molecular weight excluding hydrogens is 344 g/mol. The van der Waals surface area contributed by atoms with E-state index in [1.54, 1.807) is 6.07 Å². The predicted octanol–water partition coefficient (Wildman–Crippen LogP) is -0.493. The van der Waals surface area contributed by atoms with Gasteiger partial charge in [-0.25, -0.2) is 13.6 Å². The first-order valence-electron chi connectivity index (χ1n) is 8.22. The van der Waals surface area contributed by atoms with E-state index in [1.807, 2.05) is 11.8 Å². The molecule has 2 aliphatic heterocycles. The molecule has 2 atom stereocenters. The van der Waals surface area contributed by atoms with Gasteiger partial charge in [0.15, 0.2) is 0 Å². The summed E-state index contributed by atoms with van der Waals surface area (Å²) < 4.78 is 23.0. The third-order valence-corrected chi connectivity index (χ3v) is 5.63. The third-order valence-electron chi connectivity index (χ3n) is 4.72. The molecule has 136 valence electrons. The maximum absolute atomic E-state index is 12.8. The van der Waals surface area contributed by atoms with Crippen molar-refractivity contribution in [3.63, 3.8) is 0 Å². The summed E-state index contributed by atoms with van der Waals surface area (Å²) in [5, 5.41) is 8.38. The average molecular weight is 366 g/mol. The van der Waals surface area contributed by atoms with Crippen LogP contribution in [0.2, 0.25) is 0 Å². The fourth-order valence-electron chi connectivity index (χ4n) is 3.35.